The van der Waals surface area contributed by atoms with Crippen LogP contribution < -0.4 is 5.43 Å². The second kappa shape index (κ2) is 7.51. The molecule has 0 radical (unpaired) electrons. The second-order valence-electron chi connectivity index (χ2n) is 5.69. The van der Waals surface area contributed by atoms with Gasteiger partial charge >= 0.3 is 0 Å². The molecule has 2 aromatic carbocycles. The van der Waals surface area contributed by atoms with Gasteiger partial charge in [-0.1, -0.05) is 30.3 Å². The van der Waals surface area contributed by atoms with Crippen LogP contribution in [0.15, 0.2) is 77.3 Å². The van der Waals surface area contributed by atoms with Crippen LogP contribution in [0.3, 0.4) is 0 Å². The topological polar surface area (TPSA) is 42.2 Å². The summed E-state index contributed by atoms with van der Waals surface area (Å²) in [4.78, 5) is 0. The molecule has 0 bridgehead atoms. The van der Waals surface area contributed by atoms with Crippen LogP contribution in [-0.4, -0.2) is 16.0 Å². The van der Waals surface area contributed by atoms with E-state index in [2.05, 4.69) is 15.6 Å². The number of benzene rings is 2. The van der Waals surface area contributed by atoms with Crippen LogP contribution in [0.1, 0.15) is 5.56 Å². The predicted octanol–water partition coefficient (Wildman–Crippen LogP) is 5.33. The molecule has 0 aliphatic rings. The molecule has 4 rings (SSSR count). The van der Waals surface area contributed by atoms with Gasteiger partial charge in [0.25, 0.3) is 0 Å². The number of hydrazone groups is 1. The Bertz CT molecular complexity index is 1070. The van der Waals surface area contributed by atoms with Gasteiger partial charge in [-0.3, -0.25) is 5.43 Å². The second-order valence-corrected chi connectivity index (χ2v) is 6.62. The molecule has 0 saturated carbocycles. The third-order valence-electron chi connectivity index (χ3n) is 3.84. The Morgan fingerprint density at radius 1 is 1.04 bits per heavy atom. The highest BCUT2D eigenvalue weighted by molar-refractivity contribution is 7.12. The zero-order valence-corrected chi connectivity index (χ0v) is 14.8. The summed E-state index contributed by atoms with van der Waals surface area (Å²) in [5, 5.41) is 11.7. The Kier molecular flexibility index (Phi) is 4.76. The van der Waals surface area contributed by atoms with Gasteiger partial charge in [0.15, 0.2) is 5.82 Å². The molecule has 0 amide bonds. The number of nitrogens with one attached hydrogen (secondary N) is 1. The van der Waals surface area contributed by atoms with Gasteiger partial charge in [-0.2, -0.15) is 10.2 Å². The standard InChI is InChI=1S/C20H14F2N4S/c21-16-8-9-18(17(22)11-16)24-23-12-15-13-26(19-7-4-10-27-19)25-20(15)14-5-2-1-3-6-14/h1-13,24H. The molecule has 1 N–H and O–H groups in total. The molecular formula is C20H14F2N4S. The molecule has 2 heterocycles. The first-order chi connectivity index (χ1) is 13.2. The lowest BCUT2D eigenvalue weighted by molar-refractivity contribution is 0.585. The summed E-state index contributed by atoms with van der Waals surface area (Å²) >= 11 is 1.57. The highest BCUT2D eigenvalue weighted by Crippen LogP contribution is 2.24. The number of halogens is 2. The maximum absolute atomic E-state index is 13.7. The first-order valence-corrected chi connectivity index (χ1v) is 9.02. The minimum atomic E-state index is -0.704. The Balaban J connectivity index is 1.66. The van der Waals surface area contributed by atoms with Gasteiger partial charge in [0.1, 0.15) is 16.5 Å². The van der Waals surface area contributed by atoms with Gasteiger partial charge < -0.3 is 0 Å². The van der Waals surface area contributed by atoms with E-state index in [4.69, 9.17) is 0 Å². The number of aromatic nitrogens is 2. The number of thiophene rings is 1. The van der Waals surface area contributed by atoms with E-state index < -0.39 is 11.6 Å². The van der Waals surface area contributed by atoms with Gasteiger partial charge in [0.2, 0.25) is 0 Å². The van der Waals surface area contributed by atoms with Crippen molar-refractivity contribution in [1.82, 2.24) is 9.78 Å². The van der Waals surface area contributed by atoms with E-state index in [-0.39, 0.29) is 5.69 Å². The van der Waals surface area contributed by atoms with Crippen LogP contribution in [0.4, 0.5) is 14.5 Å². The molecule has 0 saturated heterocycles. The molecular weight excluding hydrogens is 366 g/mol. The molecule has 0 atom stereocenters. The molecule has 134 valence electrons. The van der Waals surface area contributed by atoms with E-state index in [0.29, 0.717) is 0 Å². The minimum absolute atomic E-state index is 0.0968. The van der Waals surface area contributed by atoms with Gasteiger partial charge in [-0.05, 0) is 29.6 Å². The van der Waals surface area contributed by atoms with Crippen LogP contribution in [0.5, 0.6) is 0 Å². The number of anilines is 1. The summed E-state index contributed by atoms with van der Waals surface area (Å²) in [5.74, 6) is -1.34. The molecule has 0 aliphatic heterocycles. The largest absolute Gasteiger partial charge is 0.276 e. The maximum atomic E-state index is 13.7. The van der Waals surface area contributed by atoms with Gasteiger partial charge in [0.05, 0.1) is 11.9 Å². The van der Waals surface area contributed by atoms with E-state index in [1.165, 1.54) is 12.1 Å². The highest BCUT2D eigenvalue weighted by Gasteiger charge is 2.11. The zero-order chi connectivity index (χ0) is 18.6. The molecule has 4 aromatic rings. The van der Waals surface area contributed by atoms with Crippen molar-refractivity contribution in [2.24, 2.45) is 5.10 Å². The fourth-order valence-electron chi connectivity index (χ4n) is 2.57. The van der Waals surface area contributed by atoms with Crippen LogP contribution in [0, 0.1) is 11.6 Å². The van der Waals surface area contributed by atoms with Crippen LogP contribution >= 0.6 is 11.3 Å². The molecule has 4 nitrogen and oxygen atoms in total. The molecule has 7 heteroatoms. The van der Waals surface area contributed by atoms with Crippen LogP contribution in [0.2, 0.25) is 0 Å². The monoisotopic (exact) mass is 380 g/mol. The molecule has 0 fully saturated rings. The molecule has 0 aliphatic carbocycles. The third kappa shape index (κ3) is 3.78. The maximum Gasteiger partial charge on any atom is 0.151 e. The first kappa shape index (κ1) is 17.1. The molecule has 0 unspecified atom stereocenters. The van der Waals surface area contributed by atoms with Crippen molar-refractivity contribution in [1.29, 1.82) is 0 Å². The van der Waals surface area contributed by atoms with Crippen LogP contribution in [0.25, 0.3) is 16.3 Å². The minimum Gasteiger partial charge on any atom is -0.276 e. The van der Waals surface area contributed by atoms with Crippen molar-refractivity contribution >= 4 is 23.2 Å². The quantitative estimate of drug-likeness (QED) is 0.376. The number of hydrogen-bond acceptors (Lipinski definition) is 4. The van der Waals surface area contributed by atoms with Crippen molar-refractivity contribution in [3.8, 4) is 16.3 Å². The van der Waals surface area contributed by atoms with Crippen molar-refractivity contribution in [2.75, 3.05) is 5.43 Å². The summed E-state index contributed by atoms with van der Waals surface area (Å²) < 4.78 is 28.5. The lowest BCUT2D eigenvalue weighted by Gasteiger charge is -2.02. The van der Waals surface area contributed by atoms with Crippen LogP contribution in [-0.2, 0) is 0 Å². The highest BCUT2D eigenvalue weighted by atomic mass is 32.1. The predicted molar refractivity (Wildman–Crippen MR) is 104 cm³/mol. The van der Waals surface area contributed by atoms with E-state index >= 15 is 0 Å². The SMILES string of the molecule is Fc1ccc(NN=Cc2cn(-c3cccs3)nc2-c2ccccc2)c(F)c1. The Hall–Kier alpha value is -3.32. The smallest absolute Gasteiger partial charge is 0.151 e. The third-order valence-corrected chi connectivity index (χ3v) is 4.70. The van der Waals surface area contributed by atoms with E-state index in [0.717, 1.165) is 27.9 Å². The summed E-state index contributed by atoms with van der Waals surface area (Å²) in [5.41, 5.74) is 5.17. The van der Waals surface area contributed by atoms with Crippen molar-refractivity contribution in [3.63, 3.8) is 0 Å². The van der Waals surface area contributed by atoms with Gasteiger partial charge in [0, 0.05) is 23.4 Å². The van der Waals surface area contributed by atoms with E-state index in [1.807, 2.05) is 54.0 Å². The Morgan fingerprint density at radius 2 is 1.89 bits per heavy atom. The Labute approximate surface area is 158 Å². The summed E-state index contributed by atoms with van der Waals surface area (Å²) in [6, 6.07) is 16.9. The average molecular weight is 380 g/mol. The number of nitrogens with zero attached hydrogens (tertiary/aromatic N) is 3. The fourth-order valence-corrected chi connectivity index (χ4v) is 3.22. The lowest BCUT2D eigenvalue weighted by atomic mass is 10.1. The normalized spacial score (nSPS) is 11.2. The van der Waals surface area contributed by atoms with Gasteiger partial charge in [-0.15, -0.1) is 11.3 Å². The fraction of sp³-hybridized carbons (Fsp3) is 0. The van der Waals surface area contributed by atoms with Crippen molar-refractivity contribution in [2.45, 2.75) is 0 Å². The number of hydrogen-bond donors (Lipinski definition) is 1. The zero-order valence-electron chi connectivity index (χ0n) is 14.0. The summed E-state index contributed by atoms with van der Waals surface area (Å²) in [7, 11) is 0. The van der Waals surface area contributed by atoms with E-state index in [9.17, 15) is 8.78 Å². The lowest BCUT2D eigenvalue weighted by Crippen LogP contribution is -1.94. The van der Waals surface area contributed by atoms with Crippen molar-refractivity contribution < 1.29 is 8.78 Å². The molecule has 2 aromatic heterocycles. The van der Waals surface area contributed by atoms with Gasteiger partial charge in [-0.25, -0.2) is 13.5 Å². The Morgan fingerprint density at radius 3 is 2.63 bits per heavy atom. The number of rotatable bonds is 5. The van der Waals surface area contributed by atoms with Crippen molar-refractivity contribution in [3.05, 3.63) is 89.4 Å². The molecule has 27 heavy (non-hydrogen) atoms. The summed E-state index contributed by atoms with van der Waals surface area (Å²) in [6.07, 6.45) is 3.43. The van der Waals surface area contributed by atoms with E-state index in [1.54, 1.807) is 22.2 Å². The first-order valence-electron chi connectivity index (χ1n) is 8.14. The molecule has 0 spiro atoms. The average Bonchev–Trinajstić information content (AvgIpc) is 3.34. The summed E-state index contributed by atoms with van der Waals surface area (Å²) in [6.45, 7) is 0.